The van der Waals surface area contributed by atoms with Crippen LogP contribution < -0.4 is 15.4 Å². The number of carbonyl (C=O) groups excluding carboxylic acids is 1. The Labute approximate surface area is 166 Å². The molecule has 0 spiro atoms. The summed E-state index contributed by atoms with van der Waals surface area (Å²) < 4.78 is 23.8. The van der Waals surface area contributed by atoms with E-state index in [9.17, 15) is 14.3 Å². The predicted molar refractivity (Wildman–Crippen MR) is 98.4 cm³/mol. The van der Waals surface area contributed by atoms with Crippen molar-refractivity contribution < 1.29 is 23.6 Å². The zero-order chi connectivity index (χ0) is 20.1. The fraction of sp³-hybridized carbons (Fsp3) is 0.474. The van der Waals surface area contributed by atoms with Gasteiger partial charge < -0.3 is 19.7 Å². The van der Waals surface area contributed by atoms with Crippen molar-refractivity contribution in [2.45, 2.75) is 50.4 Å². The van der Waals surface area contributed by atoms with Crippen molar-refractivity contribution in [2.75, 3.05) is 6.61 Å². The molecule has 150 valence electrons. The number of aliphatic hydroxyl groups is 1. The van der Waals surface area contributed by atoms with Crippen LogP contribution in [0.5, 0.6) is 5.75 Å². The van der Waals surface area contributed by atoms with Gasteiger partial charge in [0, 0.05) is 17.1 Å². The summed E-state index contributed by atoms with van der Waals surface area (Å²) in [7, 11) is 0. The monoisotopic (exact) mass is 409 g/mol. The molecule has 0 radical (unpaired) electrons. The first kappa shape index (κ1) is 19.2. The molecule has 1 aromatic heterocycles. The Kier molecular flexibility index (Phi) is 4.60. The lowest BCUT2D eigenvalue weighted by molar-refractivity contribution is -0.151. The first-order valence-corrected chi connectivity index (χ1v) is 9.36. The molecule has 9 heteroatoms. The van der Waals surface area contributed by atoms with Crippen LogP contribution in [0.4, 0.5) is 4.39 Å². The molecule has 0 saturated heterocycles. The molecular weight excluding hydrogens is 389 g/mol. The fourth-order valence-corrected chi connectivity index (χ4v) is 4.48. The van der Waals surface area contributed by atoms with E-state index in [1.54, 1.807) is 13.8 Å². The Morgan fingerprint density at radius 2 is 2.11 bits per heavy atom. The van der Waals surface area contributed by atoms with Gasteiger partial charge in [0.1, 0.15) is 23.6 Å². The summed E-state index contributed by atoms with van der Waals surface area (Å²) in [4.78, 5) is 12.2. The van der Waals surface area contributed by atoms with E-state index in [1.807, 2.05) is 0 Å². The summed E-state index contributed by atoms with van der Waals surface area (Å²) >= 11 is 5.62. The van der Waals surface area contributed by atoms with Gasteiger partial charge in [0.05, 0.1) is 16.3 Å². The lowest BCUT2D eigenvalue weighted by Gasteiger charge is -2.71. The van der Waals surface area contributed by atoms with Gasteiger partial charge in [-0.1, -0.05) is 16.8 Å². The highest BCUT2D eigenvalue weighted by atomic mass is 35.5. The van der Waals surface area contributed by atoms with Gasteiger partial charge >= 0.3 is 0 Å². The number of ether oxygens (including phenoxy) is 1. The number of benzene rings is 1. The molecule has 1 unspecified atom stereocenters. The van der Waals surface area contributed by atoms with Crippen molar-refractivity contribution in [1.29, 1.82) is 0 Å². The lowest BCUT2D eigenvalue weighted by atomic mass is 9.44. The minimum absolute atomic E-state index is 0.00208. The number of hydrogen-bond acceptors (Lipinski definition) is 6. The van der Waals surface area contributed by atoms with Crippen molar-refractivity contribution in [1.82, 2.24) is 15.8 Å². The number of aromatic nitrogens is 1. The summed E-state index contributed by atoms with van der Waals surface area (Å²) in [5.74, 6) is -0.0305. The molecule has 3 aliphatic carbocycles. The van der Waals surface area contributed by atoms with Crippen LogP contribution in [0, 0.1) is 19.7 Å². The van der Waals surface area contributed by atoms with Crippen LogP contribution in [-0.2, 0) is 4.79 Å². The standard InChI is InChI=1S/C19H21ClFN3O4/c1-10-16(11(2)28-24-10)17(26)23-19-7-18(8-19,9-19)22-15(25)6-27-12-3-4-13(20)14(21)5-12/h3-5,17,23,26H,6-9H2,1-2H3,(H,22,25). The van der Waals surface area contributed by atoms with Gasteiger partial charge in [-0.3, -0.25) is 10.1 Å². The number of carbonyl (C=O) groups is 1. The zero-order valence-electron chi connectivity index (χ0n) is 15.5. The van der Waals surface area contributed by atoms with Crippen LogP contribution in [0.2, 0.25) is 5.02 Å². The Balaban J connectivity index is 1.25. The molecular formula is C19H21ClFN3O4. The Hall–Kier alpha value is -2.16. The van der Waals surface area contributed by atoms with Crippen LogP contribution in [-0.4, -0.2) is 33.9 Å². The summed E-state index contributed by atoms with van der Waals surface area (Å²) in [6.07, 6.45) is 1.31. The van der Waals surface area contributed by atoms with Gasteiger partial charge in [-0.05, 0) is 45.2 Å². The fourth-order valence-electron chi connectivity index (χ4n) is 4.36. The quantitative estimate of drug-likeness (QED) is 0.608. The zero-order valence-corrected chi connectivity index (χ0v) is 16.3. The predicted octanol–water partition coefficient (Wildman–Crippen LogP) is 2.53. The van der Waals surface area contributed by atoms with Crippen molar-refractivity contribution in [3.05, 3.63) is 46.1 Å². The molecule has 3 saturated carbocycles. The number of aliphatic hydroxyl groups excluding tert-OH is 1. The number of halogens is 2. The van der Waals surface area contributed by atoms with Crippen LogP contribution in [0.3, 0.4) is 0 Å². The molecule has 3 fully saturated rings. The van der Waals surface area contributed by atoms with Gasteiger partial charge in [0.2, 0.25) is 0 Å². The van der Waals surface area contributed by atoms with Gasteiger partial charge in [-0.15, -0.1) is 0 Å². The van der Waals surface area contributed by atoms with E-state index in [1.165, 1.54) is 12.1 Å². The molecule has 7 nitrogen and oxygen atoms in total. The third-order valence-electron chi connectivity index (χ3n) is 5.50. The molecule has 3 aliphatic rings. The van der Waals surface area contributed by atoms with Gasteiger partial charge in [-0.2, -0.15) is 0 Å². The van der Waals surface area contributed by atoms with Crippen molar-refractivity contribution in [3.63, 3.8) is 0 Å². The van der Waals surface area contributed by atoms with E-state index < -0.39 is 12.0 Å². The number of rotatable bonds is 7. The van der Waals surface area contributed by atoms with E-state index in [-0.39, 0.29) is 34.4 Å². The molecule has 0 aliphatic heterocycles. The normalized spacial score (nSPS) is 26.2. The number of nitrogens with one attached hydrogen (secondary N) is 2. The molecule has 28 heavy (non-hydrogen) atoms. The Morgan fingerprint density at radius 3 is 2.71 bits per heavy atom. The van der Waals surface area contributed by atoms with Gasteiger partial charge in [0.15, 0.2) is 6.61 Å². The second kappa shape index (κ2) is 6.72. The Bertz CT molecular complexity index is 893. The highest BCUT2D eigenvalue weighted by molar-refractivity contribution is 6.30. The topological polar surface area (TPSA) is 96.6 Å². The average Bonchev–Trinajstić information content (AvgIpc) is 2.91. The van der Waals surface area contributed by atoms with Gasteiger partial charge in [0.25, 0.3) is 5.91 Å². The maximum absolute atomic E-state index is 13.4. The third-order valence-corrected chi connectivity index (χ3v) is 5.81. The third kappa shape index (κ3) is 3.36. The first-order valence-electron chi connectivity index (χ1n) is 8.98. The molecule has 1 amide bonds. The molecule has 2 bridgehead atoms. The Morgan fingerprint density at radius 1 is 1.39 bits per heavy atom. The van der Waals surface area contributed by atoms with Gasteiger partial charge in [-0.25, -0.2) is 4.39 Å². The van der Waals surface area contributed by atoms with E-state index in [0.29, 0.717) is 17.0 Å². The average molecular weight is 410 g/mol. The molecule has 1 atom stereocenters. The van der Waals surface area contributed by atoms with E-state index in [0.717, 1.165) is 25.3 Å². The molecule has 1 heterocycles. The van der Waals surface area contributed by atoms with Crippen LogP contribution >= 0.6 is 11.6 Å². The number of nitrogens with zero attached hydrogens (tertiary/aromatic N) is 1. The largest absolute Gasteiger partial charge is 0.484 e. The smallest absolute Gasteiger partial charge is 0.258 e. The maximum Gasteiger partial charge on any atom is 0.258 e. The highest BCUT2D eigenvalue weighted by Crippen LogP contribution is 2.61. The van der Waals surface area contributed by atoms with Crippen LogP contribution in [0.15, 0.2) is 22.7 Å². The molecule has 3 N–H and O–H groups in total. The highest BCUT2D eigenvalue weighted by Gasteiger charge is 2.69. The van der Waals surface area contributed by atoms with Crippen LogP contribution in [0.1, 0.15) is 42.5 Å². The van der Waals surface area contributed by atoms with E-state index in [4.69, 9.17) is 20.9 Å². The molecule has 5 rings (SSSR count). The first-order chi connectivity index (χ1) is 13.2. The van der Waals surface area contributed by atoms with E-state index in [2.05, 4.69) is 15.8 Å². The number of hydrogen-bond donors (Lipinski definition) is 3. The SMILES string of the molecule is Cc1noc(C)c1C(O)NC12CC(NC(=O)COc3ccc(Cl)c(F)c3)(C1)C2. The second-order valence-electron chi connectivity index (χ2n) is 7.79. The molecule has 2 aromatic rings. The minimum Gasteiger partial charge on any atom is -0.484 e. The second-order valence-corrected chi connectivity index (χ2v) is 8.20. The summed E-state index contributed by atoms with van der Waals surface area (Å²) in [5, 5.41) is 20.5. The van der Waals surface area contributed by atoms with Crippen molar-refractivity contribution in [3.8, 4) is 5.75 Å². The minimum atomic E-state index is -0.858. The summed E-state index contributed by atoms with van der Waals surface area (Å²) in [6, 6.07) is 4.03. The van der Waals surface area contributed by atoms with E-state index >= 15 is 0 Å². The summed E-state index contributed by atoms with van der Waals surface area (Å²) in [5.41, 5.74) is 0.856. The maximum atomic E-state index is 13.4. The van der Waals surface area contributed by atoms with Crippen molar-refractivity contribution in [2.24, 2.45) is 0 Å². The van der Waals surface area contributed by atoms with Crippen molar-refractivity contribution >= 4 is 17.5 Å². The number of amides is 1. The summed E-state index contributed by atoms with van der Waals surface area (Å²) in [6.45, 7) is 3.34. The van der Waals surface area contributed by atoms with Crippen LogP contribution in [0.25, 0.3) is 0 Å². The number of aryl methyl sites for hydroxylation is 2. The lowest BCUT2D eigenvalue weighted by Crippen LogP contribution is -2.83. The molecule has 1 aromatic carbocycles.